The molecule has 15 heavy (non-hydrogen) atoms. The van der Waals surface area contributed by atoms with Crippen LogP contribution in [0.4, 0.5) is 8.78 Å². The highest BCUT2D eigenvalue weighted by molar-refractivity contribution is 5.39. The number of ether oxygens (including phenoxy) is 1. The van der Waals surface area contributed by atoms with Gasteiger partial charge in [0.2, 0.25) is 0 Å². The lowest BCUT2D eigenvalue weighted by Crippen LogP contribution is -2.10. The molecule has 1 aromatic carbocycles. The molecular weight excluding hydrogens is 200 g/mol. The third kappa shape index (κ3) is 1.95. The van der Waals surface area contributed by atoms with Crippen LogP contribution in [0.1, 0.15) is 17.9 Å². The van der Waals surface area contributed by atoms with Gasteiger partial charge in [-0.2, -0.15) is 0 Å². The highest BCUT2D eigenvalue weighted by Gasteiger charge is 2.24. The fourth-order valence-electron chi connectivity index (χ4n) is 2.03. The number of rotatable bonds is 2. The van der Waals surface area contributed by atoms with Gasteiger partial charge in [-0.1, -0.05) is 0 Å². The van der Waals surface area contributed by atoms with E-state index in [1.54, 1.807) is 0 Å². The summed E-state index contributed by atoms with van der Waals surface area (Å²) in [7, 11) is 1.43. The summed E-state index contributed by atoms with van der Waals surface area (Å²) in [5.41, 5.74) is 0.490. The van der Waals surface area contributed by atoms with Gasteiger partial charge in [-0.15, -0.1) is 0 Å². The topological polar surface area (TPSA) is 21.3 Å². The van der Waals surface area contributed by atoms with Crippen molar-refractivity contribution in [2.75, 3.05) is 20.2 Å². The van der Waals surface area contributed by atoms with Crippen molar-refractivity contribution in [3.8, 4) is 5.75 Å². The van der Waals surface area contributed by atoms with Crippen LogP contribution < -0.4 is 10.1 Å². The van der Waals surface area contributed by atoms with Gasteiger partial charge in [0.15, 0.2) is 0 Å². The van der Waals surface area contributed by atoms with Crippen LogP contribution in [0, 0.1) is 11.6 Å². The van der Waals surface area contributed by atoms with E-state index < -0.39 is 11.6 Å². The Morgan fingerprint density at radius 2 is 2.20 bits per heavy atom. The van der Waals surface area contributed by atoms with Gasteiger partial charge in [0.1, 0.15) is 17.4 Å². The van der Waals surface area contributed by atoms with E-state index in [2.05, 4.69) is 5.32 Å². The molecule has 0 saturated carbocycles. The SMILES string of the molecule is COc1cc(F)cc(F)c1C1CCNC1. The molecule has 2 rings (SSSR count). The van der Waals surface area contributed by atoms with Crippen molar-refractivity contribution in [3.63, 3.8) is 0 Å². The minimum absolute atomic E-state index is 0.0838. The first kappa shape index (κ1) is 10.4. The third-order valence-corrected chi connectivity index (χ3v) is 2.74. The highest BCUT2D eigenvalue weighted by atomic mass is 19.1. The lowest BCUT2D eigenvalue weighted by Gasteiger charge is -2.14. The minimum Gasteiger partial charge on any atom is -0.496 e. The van der Waals surface area contributed by atoms with Crippen LogP contribution in [0.25, 0.3) is 0 Å². The highest BCUT2D eigenvalue weighted by Crippen LogP contribution is 2.33. The normalized spacial score (nSPS) is 20.6. The zero-order chi connectivity index (χ0) is 10.8. The summed E-state index contributed by atoms with van der Waals surface area (Å²) in [6.07, 6.45) is 0.860. The molecule has 1 aliphatic heterocycles. The molecule has 0 bridgehead atoms. The molecule has 1 saturated heterocycles. The molecular formula is C11H13F2NO. The summed E-state index contributed by atoms with van der Waals surface area (Å²) in [6, 6.07) is 2.15. The van der Waals surface area contributed by atoms with Crippen LogP contribution in [-0.2, 0) is 0 Å². The fraction of sp³-hybridized carbons (Fsp3) is 0.455. The van der Waals surface area contributed by atoms with Crippen molar-refractivity contribution in [2.24, 2.45) is 0 Å². The number of nitrogens with one attached hydrogen (secondary N) is 1. The van der Waals surface area contributed by atoms with E-state index in [0.717, 1.165) is 25.6 Å². The van der Waals surface area contributed by atoms with Crippen LogP contribution in [0.15, 0.2) is 12.1 Å². The average molecular weight is 213 g/mol. The Kier molecular flexibility index (Phi) is 2.86. The Morgan fingerprint density at radius 1 is 1.40 bits per heavy atom. The number of hydrogen-bond acceptors (Lipinski definition) is 2. The van der Waals surface area contributed by atoms with Crippen molar-refractivity contribution < 1.29 is 13.5 Å². The van der Waals surface area contributed by atoms with E-state index in [9.17, 15) is 8.78 Å². The molecule has 4 heteroatoms. The summed E-state index contributed by atoms with van der Waals surface area (Å²) in [5, 5.41) is 3.15. The molecule has 0 aliphatic carbocycles. The molecule has 82 valence electrons. The van der Waals surface area contributed by atoms with Crippen LogP contribution in [0.5, 0.6) is 5.75 Å². The Labute approximate surface area is 87.2 Å². The van der Waals surface area contributed by atoms with Gasteiger partial charge in [0, 0.05) is 30.2 Å². The molecule has 0 amide bonds. The molecule has 2 nitrogen and oxygen atoms in total. The minimum atomic E-state index is -0.598. The van der Waals surface area contributed by atoms with Crippen LogP contribution >= 0.6 is 0 Å². The van der Waals surface area contributed by atoms with Gasteiger partial charge in [-0.05, 0) is 13.0 Å². The standard InChI is InChI=1S/C11H13F2NO/c1-15-10-5-8(12)4-9(13)11(10)7-2-3-14-6-7/h4-5,7,14H,2-3,6H2,1H3. The summed E-state index contributed by atoms with van der Waals surface area (Å²) < 4.78 is 31.6. The molecule has 0 aromatic heterocycles. The lowest BCUT2D eigenvalue weighted by molar-refractivity contribution is 0.395. The van der Waals surface area contributed by atoms with Gasteiger partial charge in [0.25, 0.3) is 0 Å². The maximum atomic E-state index is 13.6. The van der Waals surface area contributed by atoms with Gasteiger partial charge >= 0.3 is 0 Å². The van der Waals surface area contributed by atoms with Crippen LogP contribution in [0.2, 0.25) is 0 Å². The van der Waals surface area contributed by atoms with Crippen molar-refractivity contribution in [2.45, 2.75) is 12.3 Å². The van der Waals surface area contributed by atoms with E-state index >= 15 is 0 Å². The van der Waals surface area contributed by atoms with Crippen molar-refractivity contribution in [1.82, 2.24) is 5.32 Å². The van der Waals surface area contributed by atoms with E-state index in [1.807, 2.05) is 0 Å². The number of methoxy groups -OCH3 is 1. The smallest absolute Gasteiger partial charge is 0.133 e. The summed E-state index contributed by atoms with van der Waals surface area (Å²) in [4.78, 5) is 0. The third-order valence-electron chi connectivity index (χ3n) is 2.74. The molecule has 0 radical (unpaired) electrons. The summed E-state index contributed by atoms with van der Waals surface area (Å²) in [5.74, 6) is -0.721. The first-order valence-corrected chi connectivity index (χ1v) is 4.96. The zero-order valence-corrected chi connectivity index (χ0v) is 8.52. The average Bonchev–Trinajstić information content (AvgIpc) is 2.69. The van der Waals surface area contributed by atoms with Gasteiger partial charge in [-0.3, -0.25) is 0 Å². The molecule has 1 unspecified atom stereocenters. The molecule has 1 atom stereocenters. The number of benzene rings is 1. The number of hydrogen-bond donors (Lipinski definition) is 1. The van der Waals surface area contributed by atoms with Crippen LogP contribution in [-0.4, -0.2) is 20.2 Å². The summed E-state index contributed by atoms with van der Waals surface area (Å²) >= 11 is 0. The number of halogens is 2. The largest absolute Gasteiger partial charge is 0.496 e. The Hall–Kier alpha value is -1.16. The maximum Gasteiger partial charge on any atom is 0.133 e. The second kappa shape index (κ2) is 4.14. The molecule has 1 fully saturated rings. The van der Waals surface area contributed by atoms with Gasteiger partial charge < -0.3 is 10.1 Å². The first-order valence-electron chi connectivity index (χ1n) is 4.96. The fourth-order valence-corrected chi connectivity index (χ4v) is 2.03. The molecule has 1 heterocycles. The van der Waals surface area contributed by atoms with Gasteiger partial charge in [-0.25, -0.2) is 8.78 Å². The Balaban J connectivity index is 2.43. The van der Waals surface area contributed by atoms with Crippen molar-refractivity contribution >= 4 is 0 Å². The van der Waals surface area contributed by atoms with E-state index in [1.165, 1.54) is 13.2 Å². The maximum absolute atomic E-state index is 13.6. The quantitative estimate of drug-likeness (QED) is 0.811. The predicted molar refractivity (Wildman–Crippen MR) is 53.1 cm³/mol. The zero-order valence-electron chi connectivity index (χ0n) is 8.52. The van der Waals surface area contributed by atoms with E-state index in [4.69, 9.17) is 4.74 Å². The molecule has 1 N–H and O–H groups in total. The van der Waals surface area contributed by atoms with E-state index in [-0.39, 0.29) is 5.92 Å². The lowest BCUT2D eigenvalue weighted by atomic mass is 9.96. The predicted octanol–water partition coefficient (Wildman–Crippen LogP) is 2.05. The molecule has 0 spiro atoms. The Morgan fingerprint density at radius 3 is 2.80 bits per heavy atom. The second-order valence-electron chi connectivity index (χ2n) is 3.69. The van der Waals surface area contributed by atoms with Crippen LogP contribution in [0.3, 0.4) is 0 Å². The first-order chi connectivity index (χ1) is 7.22. The van der Waals surface area contributed by atoms with Crippen molar-refractivity contribution in [1.29, 1.82) is 0 Å². The monoisotopic (exact) mass is 213 g/mol. The Bertz CT molecular complexity index is 362. The van der Waals surface area contributed by atoms with Crippen molar-refractivity contribution in [3.05, 3.63) is 29.3 Å². The van der Waals surface area contributed by atoms with Gasteiger partial charge in [0.05, 0.1) is 7.11 Å². The molecule has 1 aliphatic rings. The second-order valence-corrected chi connectivity index (χ2v) is 3.69. The molecule has 1 aromatic rings. The van der Waals surface area contributed by atoms with E-state index in [0.29, 0.717) is 11.3 Å². The summed E-state index contributed by atoms with van der Waals surface area (Å²) in [6.45, 7) is 1.59.